The summed E-state index contributed by atoms with van der Waals surface area (Å²) in [4.78, 5) is 5.47. The number of hydrogen-bond donors (Lipinski definition) is 2. The van der Waals surface area contributed by atoms with Gasteiger partial charge in [0.1, 0.15) is 9.96 Å². The lowest BCUT2D eigenvalue weighted by atomic mass is 10.1. The van der Waals surface area contributed by atoms with Gasteiger partial charge in [0.25, 0.3) is 10.0 Å². The van der Waals surface area contributed by atoms with E-state index in [2.05, 4.69) is 28.6 Å². The van der Waals surface area contributed by atoms with Crippen LogP contribution in [0.4, 0.5) is 0 Å². The SMILES string of the molecule is CCNC(=NCc1ccc(S(=O)(=O)N(C)C)s1)NCCc1cc(C)ccc1OC. The standard InChI is InChI=1S/C20H30N4O3S2/c1-6-21-20(22-12-11-16-13-15(2)7-9-18(16)27-5)23-14-17-8-10-19(28-17)29(25,26)24(3)4/h7-10,13H,6,11-12,14H2,1-5H3,(H2,21,22,23). The number of nitrogens with zero attached hydrogens (tertiary/aromatic N) is 2. The molecule has 0 atom stereocenters. The van der Waals surface area contributed by atoms with Crippen molar-refractivity contribution in [3.63, 3.8) is 0 Å². The summed E-state index contributed by atoms with van der Waals surface area (Å²) in [5.41, 5.74) is 2.34. The highest BCUT2D eigenvalue weighted by atomic mass is 32.2. The lowest BCUT2D eigenvalue weighted by Crippen LogP contribution is -2.38. The molecule has 1 heterocycles. The van der Waals surface area contributed by atoms with Crippen molar-refractivity contribution in [3.8, 4) is 5.75 Å². The van der Waals surface area contributed by atoms with Crippen LogP contribution in [0.15, 0.2) is 39.5 Å². The van der Waals surface area contributed by atoms with E-state index in [9.17, 15) is 8.42 Å². The molecule has 1 aromatic heterocycles. The minimum Gasteiger partial charge on any atom is -0.496 e. The van der Waals surface area contributed by atoms with Crippen LogP contribution in [0.5, 0.6) is 5.75 Å². The van der Waals surface area contributed by atoms with Crippen LogP contribution in [0.1, 0.15) is 22.9 Å². The summed E-state index contributed by atoms with van der Waals surface area (Å²) in [7, 11) is 1.34. The second-order valence-electron chi connectivity index (χ2n) is 6.70. The number of thiophene rings is 1. The van der Waals surface area contributed by atoms with Gasteiger partial charge in [0.05, 0.1) is 13.7 Å². The van der Waals surface area contributed by atoms with Crippen molar-refractivity contribution < 1.29 is 13.2 Å². The number of nitrogens with one attached hydrogen (secondary N) is 2. The fourth-order valence-corrected chi connectivity index (χ4v) is 5.13. The number of benzene rings is 1. The maximum Gasteiger partial charge on any atom is 0.252 e. The zero-order valence-corrected chi connectivity index (χ0v) is 19.3. The van der Waals surface area contributed by atoms with Crippen LogP contribution in [0.2, 0.25) is 0 Å². The van der Waals surface area contributed by atoms with Gasteiger partial charge in [0.2, 0.25) is 0 Å². The predicted molar refractivity (Wildman–Crippen MR) is 119 cm³/mol. The Morgan fingerprint density at radius 3 is 2.62 bits per heavy atom. The van der Waals surface area contributed by atoms with Gasteiger partial charge in [-0.3, -0.25) is 0 Å². The van der Waals surface area contributed by atoms with Crippen LogP contribution < -0.4 is 15.4 Å². The van der Waals surface area contributed by atoms with E-state index in [4.69, 9.17) is 4.74 Å². The fraction of sp³-hybridized carbons (Fsp3) is 0.450. The van der Waals surface area contributed by atoms with E-state index in [1.54, 1.807) is 13.2 Å². The largest absolute Gasteiger partial charge is 0.496 e. The fourth-order valence-electron chi connectivity index (χ4n) is 2.68. The Labute approximate surface area is 177 Å². The highest BCUT2D eigenvalue weighted by Gasteiger charge is 2.19. The third kappa shape index (κ3) is 6.45. The number of hydrogen-bond acceptors (Lipinski definition) is 5. The van der Waals surface area contributed by atoms with E-state index < -0.39 is 10.0 Å². The maximum absolute atomic E-state index is 12.2. The summed E-state index contributed by atoms with van der Waals surface area (Å²) in [5.74, 6) is 1.58. The van der Waals surface area contributed by atoms with E-state index in [1.807, 2.05) is 25.1 Å². The minimum absolute atomic E-state index is 0.331. The number of aryl methyl sites for hydroxylation is 1. The van der Waals surface area contributed by atoms with Crippen LogP contribution in [0.25, 0.3) is 0 Å². The van der Waals surface area contributed by atoms with Gasteiger partial charge >= 0.3 is 0 Å². The highest BCUT2D eigenvalue weighted by Crippen LogP contribution is 2.24. The molecule has 2 aromatic rings. The smallest absolute Gasteiger partial charge is 0.252 e. The Morgan fingerprint density at radius 1 is 1.21 bits per heavy atom. The molecule has 0 aliphatic heterocycles. The summed E-state index contributed by atoms with van der Waals surface area (Å²) < 4.78 is 31.4. The first-order valence-corrected chi connectivity index (χ1v) is 11.7. The molecule has 0 saturated heterocycles. The summed E-state index contributed by atoms with van der Waals surface area (Å²) in [6, 6.07) is 9.59. The maximum atomic E-state index is 12.2. The molecule has 9 heteroatoms. The normalized spacial score (nSPS) is 12.3. The molecule has 2 rings (SSSR count). The van der Waals surface area contributed by atoms with Crippen molar-refractivity contribution in [1.82, 2.24) is 14.9 Å². The Balaban J connectivity index is 2.00. The van der Waals surface area contributed by atoms with Gasteiger partial charge in [-0.05, 0) is 44.0 Å². The molecule has 0 spiro atoms. The molecule has 0 unspecified atom stereocenters. The third-order valence-corrected chi connectivity index (χ3v) is 7.58. The van der Waals surface area contributed by atoms with E-state index >= 15 is 0 Å². The van der Waals surface area contributed by atoms with Crippen LogP contribution in [-0.4, -0.2) is 53.0 Å². The van der Waals surface area contributed by atoms with Gasteiger partial charge in [0.15, 0.2) is 5.96 Å². The average Bonchev–Trinajstić information content (AvgIpc) is 3.16. The van der Waals surface area contributed by atoms with Gasteiger partial charge in [-0.1, -0.05) is 17.7 Å². The Hall–Kier alpha value is -2.10. The second kappa shape index (κ2) is 10.6. The van der Waals surface area contributed by atoms with Crippen molar-refractivity contribution in [2.45, 2.75) is 31.0 Å². The zero-order valence-electron chi connectivity index (χ0n) is 17.7. The van der Waals surface area contributed by atoms with E-state index in [1.165, 1.54) is 35.3 Å². The van der Waals surface area contributed by atoms with Crippen LogP contribution in [-0.2, 0) is 23.0 Å². The molecule has 0 radical (unpaired) electrons. The molecule has 160 valence electrons. The van der Waals surface area contributed by atoms with E-state index in [0.29, 0.717) is 23.3 Å². The average molecular weight is 439 g/mol. The topological polar surface area (TPSA) is 83.0 Å². The number of aliphatic imine (C=N–C) groups is 1. The number of sulfonamides is 1. The molecule has 0 aliphatic rings. The number of guanidine groups is 1. The van der Waals surface area contributed by atoms with Gasteiger partial charge in [-0.15, -0.1) is 11.3 Å². The molecular weight excluding hydrogens is 408 g/mol. The van der Waals surface area contributed by atoms with E-state index in [0.717, 1.165) is 29.2 Å². The van der Waals surface area contributed by atoms with Crippen molar-refractivity contribution in [1.29, 1.82) is 0 Å². The van der Waals surface area contributed by atoms with Gasteiger partial charge in [-0.25, -0.2) is 17.7 Å². The summed E-state index contributed by atoms with van der Waals surface area (Å²) in [6.45, 7) is 5.93. The molecule has 29 heavy (non-hydrogen) atoms. The van der Waals surface area contributed by atoms with Crippen LogP contribution in [0, 0.1) is 6.92 Å². The van der Waals surface area contributed by atoms with Crippen molar-refractivity contribution >= 4 is 27.3 Å². The molecular formula is C20H30N4O3S2. The molecule has 0 amide bonds. The number of ether oxygens (including phenoxy) is 1. The second-order valence-corrected chi connectivity index (χ2v) is 10.2. The van der Waals surface area contributed by atoms with Gasteiger partial charge in [0, 0.05) is 32.1 Å². The monoisotopic (exact) mass is 438 g/mol. The van der Waals surface area contributed by atoms with Gasteiger partial charge < -0.3 is 15.4 Å². The molecule has 0 bridgehead atoms. The number of methoxy groups -OCH3 is 1. The van der Waals surface area contributed by atoms with Crippen molar-refractivity contribution in [3.05, 3.63) is 46.3 Å². The van der Waals surface area contributed by atoms with Crippen molar-refractivity contribution in [2.75, 3.05) is 34.3 Å². The van der Waals surface area contributed by atoms with Crippen LogP contribution in [0.3, 0.4) is 0 Å². The quantitative estimate of drug-likeness (QED) is 0.465. The molecule has 2 N–H and O–H groups in total. The Bertz CT molecular complexity index is 937. The Kier molecular flexibility index (Phi) is 8.48. The van der Waals surface area contributed by atoms with E-state index in [-0.39, 0.29) is 0 Å². The Morgan fingerprint density at radius 2 is 1.97 bits per heavy atom. The highest BCUT2D eigenvalue weighted by molar-refractivity contribution is 7.91. The summed E-state index contributed by atoms with van der Waals surface area (Å²) in [5, 5.41) is 6.55. The third-order valence-electron chi connectivity index (χ3n) is 4.23. The zero-order chi connectivity index (χ0) is 21.4. The molecule has 0 saturated carbocycles. The number of rotatable bonds is 9. The summed E-state index contributed by atoms with van der Waals surface area (Å²) >= 11 is 1.25. The molecule has 7 nitrogen and oxygen atoms in total. The first-order chi connectivity index (χ1) is 13.8. The lowest BCUT2D eigenvalue weighted by Gasteiger charge is -2.13. The lowest BCUT2D eigenvalue weighted by molar-refractivity contribution is 0.409. The van der Waals surface area contributed by atoms with Crippen molar-refractivity contribution in [2.24, 2.45) is 4.99 Å². The minimum atomic E-state index is -3.40. The first-order valence-electron chi connectivity index (χ1n) is 9.44. The molecule has 0 fully saturated rings. The molecule has 1 aromatic carbocycles. The van der Waals surface area contributed by atoms with Crippen LogP contribution >= 0.6 is 11.3 Å². The first kappa shape index (κ1) is 23.2. The summed E-state index contributed by atoms with van der Waals surface area (Å²) in [6.07, 6.45) is 0.805. The predicted octanol–water partition coefficient (Wildman–Crippen LogP) is 2.61. The molecule has 0 aliphatic carbocycles. The van der Waals surface area contributed by atoms with Gasteiger partial charge in [-0.2, -0.15) is 0 Å².